The zero-order valence-corrected chi connectivity index (χ0v) is 14.8. The first-order valence-electron chi connectivity index (χ1n) is 8.47. The van der Waals surface area contributed by atoms with Crippen LogP contribution in [0.2, 0.25) is 0 Å². The van der Waals surface area contributed by atoms with Crippen LogP contribution in [0.15, 0.2) is 71.3 Å². The van der Waals surface area contributed by atoms with E-state index >= 15 is 0 Å². The van der Waals surface area contributed by atoms with E-state index < -0.39 is 17.5 Å². The van der Waals surface area contributed by atoms with Crippen LogP contribution >= 0.6 is 0 Å². The molecule has 0 saturated heterocycles. The largest absolute Gasteiger partial charge is 0.465 e. The predicted octanol–water partition coefficient (Wildman–Crippen LogP) is 3.85. The summed E-state index contributed by atoms with van der Waals surface area (Å²) in [5, 5.41) is 13.9. The maximum atomic E-state index is 14.0. The number of hydrogen-bond donors (Lipinski definition) is 1. The Hall–Kier alpha value is -4.14. The van der Waals surface area contributed by atoms with Gasteiger partial charge in [0.15, 0.2) is 5.82 Å². The number of furan rings is 1. The highest BCUT2D eigenvalue weighted by atomic mass is 19.1. The molecule has 0 aliphatic carbocycles. The van der Waals surface area contributed by atoms with Crippen LogP contribution in [0.4, 0.5) is 14.5 Å². The molecule has 1 amide bonds. The third-order valence-electron chi connectivity index (χ3n) is 3.96. The van der Waals surface area contributed by atoms with Crippen LogP contribution in [0.5, 0.6) is 0 Å². The summed E-state index contributed by atoms with van der Waals surface area (Å²) in [6.07, 6.45) is 2.83. The van der Waals surface area contributed by atoms with Gasteiger partial charge in [0, 0.05) is 17.7 Å². The van der Waals surface area contributed by atoms with Crippen LogP contribution in [0, 0.1) is 11.6 Å². The molecule has 2 aromatic heterocycles. The molecule has 4 aromatic rings. The number of anilines is 1. The number of tetrazole rings is 1. The minimum Gasteiger partial charge on any atom is -0.465 e. The molecular weight excluding hydrogens is 380 g/mol. The third kappa shape index (κ3) is 3.93. The maximum Gasteiger partial charge on any atom is 0.274 e. The second-order valence-corrected chi connectivity index (χ2v) is 5.90. The summed E-state index contributed by atoms with van der Waals surface area (Å²) in [5.41, 5.74) is 0.301. The standard InChI is InChI=1S/C20H13F2N5O2/c21-14-8-9-16(22)17(11-14)23-20(28)18(12-15-7-4-10-29-15)27-19(24-25-26-27)13-5-2-1-3-6-13/h1-12H,(H,23,28)/b18-12+. The monoisotopic (exact) mass is 393 g/mol. The molecule has 2 aromatic carbocycles. The molecule has 0 radical (unpaired) electrons. The summed E-state index contributed by atoms with van der Waals surface area (Å²) < 4.78 is 33.9. The maximum absolute atomic E-state index is 14.0. The molecule has 9 heteroatoms. The summed E-state index contributed by atoms with van der Waals surface area (Å²) in [6, 6.07) is 15.0. The van der Waals surface area contributed by atoms with Crippen LogP contribution in [0.25, 0.3) is 23.2 Å². The van der Waals surface area contributed by atoms with Crippen molar-refractivity contribution in [3.8, 4) is 11.4 Å². The molecule has 29 heavy (non-hydrogen) atoms. The Morgan fingerprint density at radius 2 is 1.90 bits per heavy atom. The van der Waals surface area contributed by atoms with Gasteiger partial charge in [-0.3, -0.25) is 4.79 Å². The molecule has 2 heterocycles. The molecule has 0 fully saturated rings. The lowest BCUT2D eigenvalue weighted by molar-refractivity contribution is -0.111. The number of carbonyl (C=O) groups is 1. The molecule has 144 valence electrons. The second-order valence-electron chi connectivity index (χ2n) is 5.90. The normalized spacial score (nSPS) is 11.4. The van der Waals surface area contributed by atoms with E-state index in [0.717, 1.165) is 18.2 Å². The van der Waals surface area contributed by atoms with Gasteiger partial charge in [0.25, 0.3) is 5.91 Å². The summed E-state index contributed by atoms with van der Waals surface area (Å²) >= 11 is 0. The van der Waals surface area contributed by atoms with Gasteiger partial charge in [0.05, 0.1) is 12.0 Å². The van der Waals surface area contributed by atoms with Gasteiger partial charge in [-0.1, -0.05) is 30.3 Å². The number of carbonyl (C=O) groups excluding carboxylic acids is 1. The molecule has 0 bridgehead atoms. The van der Waals surface area contributed by atoms with Crippen LogP contribution < -0.4 is 5.32 Å². The lowest BCUT2D eigenvalue weighted by atomic mass is 10.2. The predicted molar refractivity (Wildman–Crippen MR) is 101 cm³/mol. The summed E-state index contributed by atoms with van der Waals surface area (Å²) in [7, 11) is 0. The third-order valence-corrected chi connectivity index (χ3v) is 3.96. The fourth-order valence-electron chi connectivity index (χ4n) is 2.63. The van der Waals surface area contributed by atoms with Crippen molar-refractivity contribution in [3.05, 3.63) is 84.3 Å². The molecule has 4 rings (SSSR count). The van der Waals surface area contributed by atoms with Gasteiger partial charge < -0.3 is 9.73 Å². The minimum absolute atomic E-state index is 0.0486. The average Bonchev–Trinajstić information content (AvgIpc) is 3.41. The highest BCUT2D eigenvalue weighted by molar-refractivity contribution is 6.24. The Morgan fingerprint density at radius 1 is 1.07 bits per heavy atom. The first kappa shape index (κ1) is 18.2. The zero-order valence-electron chi connectivity index (χ0n) is 14.8. The van der Waals surface area contributed by atoms with Gasteiger partial charge in [-0.15, -0.1) is 5.10 Å². The molecule has 7 nitrogen and oxygen atoms in total. The Balaban J connectivity index is 1.77. The van der Waals surface area contributed by atoms with Crippen LogP contribution in [-0.4, -0.2) is 26.1 Å². The molecule has 0 unspecified atom stereocenters. The highest BCUT2D eigenvalue weighted by Crippen LogP contribution is 2.23. The lowest BCUT2D eigenvalue weighted by Crippen LogP contribution is -2.20. The Labute approximate surface area is 163 Å². The number of aromatic nitrogens is 4. The Bertz CT molecular complexity index is 1170. The van der Waals surface area contributed by atoms with Crippen molar-refractivity contribution >= 4 is 23.4 Å². The number of benzene rings is 2. The van der Waals surface area contributed by atoms with Gasteiger partial charge in [-0.2, -0.15) is 4.68 Å². The Kier molecular flexibility index (Phi) is 4.93. The number of halogens is 2. The average molecular weight is 393 g/mol. The van der Waals surface area contributed by atoms with E-state index in [-0.39, 0.29) is 11.4 Å². The summed E-state index contributed by atoms with van der Waals surface area (Å²) in [5.74, 6) is -1.58. The van der Waals surface area contributed by atoms with Crippen molar-refractivity contribution in [3.63, 3.8) is 0 Å². The molecular formula is C20H13F2N5O2. The molecule has 0 atom stereocenters. The van der Waals surface area contributed by atoms with Crippen molar-refractivity contribution in [2.24, 2.45) is 0 Å². The second kappa shape index (κ2) is 7.85. The van der Waals surface area contributed by atoms with Crippen molar-refractivity contribution in [2.75, 3.05) is 5.32 Å². The van der Waals surface area contributed by atoms with Crippen molar-refractivity contribution < 1.29 is 18.0 Å². The van der Waals surface area contributed by atoms with E-state index in [0.29, 0.717) is 17.1 Å². The smallest absolute Gasteiger partial charge is 0.274 e. The first-order valence-corrected chi connectivity index (χ1v) is 8.47. The van der Waals surface area contributed by atoms with E-state index in [1.54, 1.807) is 36.4 Å². The van der Waals surface area contributed by atoms with E-state index in [9.17, 15) is 13.6 Å². The van der Waals surface area contributed by atoms with E-state index in [1.807, 2.05) is 6.07 Å². The quantitative estimate of drug-likeness (QED) is 0.521. The number of hydrogen-bond acceptors (Lipinski definition) is 5. The van der Waals surface area contributed by atoms with Crippen LogP contribution in [0.3, 0.4) is 0 Å². The first-order chi connectivity index (χ1) is 14.1. The van der Waals surface area contributed by atoms with Gasteiger partial charge >= 0.3 is 0 Å². The fourth-order valence-corrected chi connectivity index (χ4v) is 2.63. The number of nitrogens with zero attached hydrogens (tertiary/aromatic N) is 4. The van der Waals surface area contributed by atoms with Crippen molar-refractivity contribution in [1.29, 1.82) is 0 Å². The number of amides is 1. The van der Waals surface area contributed by atoms with Crippen molar-refractivity contribution in [1.82, 2.24) is 20.2 Å². The zero-order chi connectivity index (χ0) is 20.2. The topological polar surface area (TPSA) is 85.8 Å². The van der Waals surface area contributed by atoms with Gasteiger partial charge in [0.2, 0.25) is 0 Å². The summed E-state index contributed by atoms with van der Waals surface area (Å²) in [6.45, 7) is 0. The van der Waals surface area contributed by atoms with E-state index in [2.05, 4.69) is 20.8 Å². The molecule has 0 aliphatic heterocycles. The van der Waals surface area contributed by atoms with Crippen molar-refractivity contribution in [2.45, 2.75) is 0 Å². The molecule has 0 spiro atoms. The molecule has 0 saturated carbocycles. The minimum atomic E-state index is -0.780. The van der Waals surface area contributed by atoms with Gasteiger partial charge in [-0.25, -0.2) is 8.78 Å². The fraction of sp³-hybridized carbons (Fsp3) is 0. The van der Waals surface area contributed by atoms with E-state index in [4.69, 9.17) is 4.42 Å². The number of rotatable bonds is 5. The lowest BCUT2D eigenvalue weighted by Gasteiger charge is -2.11. The Morgan fingerprint density at radius 3 is 2.66 bits per heavy atom. The highest BCUT2D eigenvalue weighted by Gasteiger charge is 2.21. The SMILES string of the molecule is O=C(Nc1cc(F)ccc1F)/C(=C\c1ccco1)n1nnnc1-c1ccccc1. The molecule has 0 aliphatic rings. The van der Waals surface area contributed by atoms with Crippen LogP contribution in [-0.2, 0) is 4.79 Å². The number of nitrogens with one attached hydrogen (secondary N) is 1. The van der Waals surface area contributed by atoms with Gasteiger partial charge in [-0.05, 0) is 34.7 Å². The van der Waals surface area contributed by atoms with E-state index in [1.165, 1.54) is 17.0 Å². The molecule has 1 N–H and O–H groups in total. The summed E-state index contributed by atoms with van der Waals surface area (Å²) in [4.78, 5) is 13.0. The van der Waals surface area contributed by atoms with Crippen LogP contribution in [0.1, 0.15) is 5.76 Å². The van der Waals surface area contributed by atoms with Gasteiger partial charge in [0.1, 0.15) is 23.1 Å².